The molecule has 0 aliphatic carbocycles. The maximum absolute atomic E-state index is 13.6. The van der Waals surface area contributed by atoms with E-state index in [1.807, 2.05) is 0 Å². The highest BCUT2D eigenvalue weighted by Crippen LogP contribution is 2.44. The molecule has 2 aliphatic heterocycles. The minimum absolute atomic E-state index is 0.0535. The van der Waals surface area contributed by atoms with Crippen LogP contribution in [0.5, 0.6) is 5.75 Å². The maximum atomic E-state index is 13.6. The number of anilines is 1. The highest BCUT2D eigenvalue weighted by atomic mass is 19.1. The summed E-state index contributed by atoms with van der Waals surface area (Å²) in [5, 5.41) is 0. The Morgan fingerprint density at radius 2 is 1.46 bits per heavy atom. The Labute approximate surface area is 218 Å². The zero-order chi connectivity index (χ0) is 26.3. The van der Waals surface area contributed by atoms with E-state index >= 15 is 0 Å². The summed E-state index contributed by atoms with van der Waals surface area (Å²) in [7, 11) is 0. The van der Waals surface area contributed by atoms with Crippen molar-refractivity contribution in [1.82, 2.24) is 4.90 Å². The summed E-state index contributed by atoms with van der Waals surface area (Å²) in [6.45, 7) is 11.1. The van der Waals surface area contributed by atoms with Crippen LogP contribution in [-0.2, 0) is 11.2 Å². The molecule has 0 saturated carbocycles. The first-order valence-electron chi connectivity index (χ1n) is 13.1. The van der Waals surface area contributed by atoms with Crippen LogP contribution in [0.25, 0.3) is 0 Å². The molecule has 2 N–H and O–H groups in total. The Morgan fingerprint density at radius 1 is 0.919 bits per heavy atom. The lowest BCUT2D eigenvalue weighted by molar-refractivity contribution is -0.0375. The van der Waals surface area contributed by atoms with Gasteiger partial charge in [0.1, 0.15) is 29.1 Å². The van der Waals surface area contributed by atoms with Crippen LogP contribution in [0.15, 0.2) is 48.5 Å². The summed E-state index contributed by atoms with van der Waals surface area (Å²) >= 11 is 0. The summed E-state index contributed by atoms with van der Waals surface area (Å²) < 4.78 is 40.3. The number of halogens is 2. The van der Waals surface area contributed by atoms with E-state index in [4.69, 9.17) is 15.2 Å². The van der Waals surface area contributed by atoms with Crippen molar-refractivity contribution < 1.29 is 18.3 Å². The standard InChI is InChI=1S/C31H36F2N2O2/c1-19-20(2)29-27(21(3)28(19)34)17-31(4,37-29)18-35-15-13-26(14-16-35)36-30(22-5-9-24(32)10-6-22)23-7-11-25(33)12-8-23/h5-12,26,30H,13-18,34H2,1-4H3. The Kier molecular flexibility index (Phi) is 6.99. The molecular weight excluding hydrogens is 470 g/mol. The molecule has 3 aromatic carbocycles. The number of piperidine rings is 1. The fraction of sp³-hybridized carbons (Fsp3) is 0.419. The van der Waals surface area contributed by atoms with Gasteiger partial charge in [-0.2, -0.15) is 0 Å². The number of nitrogen functional groups attached to an aromatic ring is 1. The van der Waals surface area contributed by atoms with Crippen LogP contribution >= 0.6 is 0 Å². The second-order valence-electron chi connectivity index (χ2n) is 10.9. The van der Waals surface area contributed by atoms with Crippen LogP contribution in [0.4, 0.5) is 14.5 Å². The first kappa shape index (κ1) is 25.7. The van der Waals surface area contributed by atoms with Crippen molar-refractivity contribution >= 4 is 5.69 Å². The summed E-state index contributed by atoms with van der Waals surface area (Å²) in [5.41, 5.74) is 13.3. The van der Waals surface area contributed by atoms with Crippen molar-refractivity contribution in [3.05, 3.63) is 93.5 Å². The Balaban J connectivity index is 1.24. The van der Waals surface area contributed by atoms with Gasteiger partial charge in [0.2, 0.25) is 0 Å². The molecule has 2 aliphatic rings. The first-order chi connectivity index (χ1) is 17.6. The first-order valence-corrected chi connectivity index (χ1v) is 13.1. The number of hydrogen-bond donors (Lipinski definition) is 1. The summed E-state index contributed by atoms with van der Waals surface area (Å²) in [5.74, 6) is 0.428. The number of hydrogen-bond acceptors (Lipinski definition) is 4. The van der Waals surface area contributed by atoms with E-state index in [0.717, 1.165) is 78.2 Å². The molecule has 4 nitrogen and oxygen atoms in total. The molecule has 0 spiro atoms. The molecule has 6 heteroatoms. The zero-order valence-electron chi connectivity index (χ0n) is 22.1. The minimum atomic E-state index is -0.373. The predicted octanol–water partition coefficient (Wildman–Crippen LogP) is 6.44. The third kappa shape index (κ3) is 5.23. The lowest BCUT2D eigenvalue weighted by atomic mass is 9.91. The molecule has 2 heterocycles. The van der Waals surface area contributed by atoms with Gasteiger partial charge in [0.25, 0.3) is 0 Å². The van der Waals surface area contributed by atoms with Crippen molar-refractivity contribution in [1.29, 1.82) is 0 Å². The van der Waals surface area contributed by atoms with E-state index < -0.39 is 0 Å². The third-order valence-corrected chi connectivity index (χ3v) is 8.10. The molecule has 1 unspecified atom stereocenters. The quantitative estimate of drug-likeness (QED) is 0.391. The van der Waals surface area contributed by atoms with Crippen LogP contribution < -0.4 is 10.5 Å². The van der Waals surface area contributed by atoms with Gasteiger partial charge in [-0.05, 0) is 92.6 Å². The van der Waals surface area contributed by atoms with Crippen molar-refractivity contribution in [2.75, 3.05) is 25.4 Å². The Bertz CT molecular complexity index is 1180. The number of benzene rings is 3. The summed E-state index contributed by atoms with van der Waals surface area (Å²) in [6, 6.07) is 12.7. The van der Waals surface area contributed by atoms with Crippen LogP contribution in [0, 0.1) is 32.4 Å². The van der Waals surface area contributed by atoms with E-state index in [1.165, 1.54) is 29.8 Å². The van der Waals surface area contributed by atoms with Gasteiger partial charge in [-0.25, -0.2) is 8.78 Å². The van der Waals surface area contributed by atoms with Gasteiger partial charge in [-0.15, -0.1) is 0 Å². The van der Waals surface area contributed by atoms with Gasteiger partial charge in [0, 0.05) is 37.3 Å². The lowest BCUT2D eigenvalue weighted by Crippen LogP contribution is -2.48. The molecule has 1 fully saturated rings. The number of likely N-dealkylation sites (tertiary alicyclic amines) is 1. The average Bonchev–Trinajstić information content (AvgIpc) is 3.24. The molecule has 0 aromatic heterocycles. The van der Waals surface area contributed by atoms with Crippen LogP contribution in [0.3, 0.4) is 0 Å². The highest BCUT2D eigenvalue weighted by Gasteiger charge is 2.40. The van der Waals surface area contributed by atoms with E-state index in [2.05, 4.69) is 32.6 Å². The second kappa shape index (κ2) is 10.1. The van der Waals surface area contributed by atoms with Gasteiger partial charge in [-0.1, -0.05) is 24.3 Å². The second-order valence-corrected chi connectivity index (χ2v) is 10.9. The summed E-state index contributed by atoms with van der Waals surface area (Å²) in [6.07, 6.45) is 2.30. The smallest absolute Gasteiger partial charge is 0.127 e. The van der Waals surface area contributed by atoms with Crippen molar-refractivity contribution in [2.45, 2.75) is 64.8 Å². The van der Waals surface area contributed by atoms with Crippen LogP contribution in [0.1, 0.15) is 59.3 Å². The largest absolute Gasteiger partial charge is 0.485 e. The summed E-state index contributed by atoms with van der Waals surface area (Å²) in [4.78, 5) is 2.46. The monoisotopic (exact) mass is 506 g/mol. The number of rotatable bonds is 6. The molecular formula is C31H36F2N2O2. The van der Waals surface area contributed by atoms with Crippen LogP contribution in [0.2, 0.25) is 0 Å². The molecule has 1 atom stereocenters. The van der Waals surface area contributed by atoms with Gasteiger partial charge >= 0.3 is 0 Å². The topological polar surface area (TPSA) is 47.7 Å². The lowest BCUT2D eigenvalue weighted by Gasteiger charge is -2.38. The van der Waals surface area contributed by atoms with Gasteiger partial charge in [-0.3, -0.25) is 4.90 Å². The van der Waals surface area contributed by atoms with Crippen molar-refractivity contribution in [3.8, 4) is 5.75 Å². The van der Waals surface area contributed by atoms with Gasteiger partial charge in [0.15, 0.2) is 0 Å². The van der Waals surface area contributed by atoms with Gasteiger partial charge in [0.05, 0.1) is 6.10 Å². The maximum Gasteiger partial charge on any atom is 0.127 e. The molecule has 0 amide bonds. The molecule has 1 saturated heterocycles. The normalized spacial score (nSPS) is 20.3. The van der Waals surface area contributed by atoms with Crippen LogP contribution in [-0.4, -0.2) is 36.2 Å². The van der Waals surface area contributed by atoms with E-state index in [-0.39, 0.29) is 29.4 Å². The zero-order valence-corrected chi connectivity index (χ0v) is 22.1. The number of fused-ring (bicyclic) bond motifs is 1. The predicted molar refractivity (Wildman–Crippen MR) is 143 cm³/mol. The fourth-order valence-corrected chi connectivity index (χ4v) is 5.80. The minimum Gasteiger partial charge on any atom is -0.485 e. The number of nitrogens with two attached hydrogens (primary N) is 1. The molecule has 0 bridgehead atoms. The molecule has 0 radical (unpaired) electrons. The van der Waals surface area contributed by atoms with E-state index in [1.54, 1.807) is 24.3 Å². The molecule has 37 heavy (non-hydrogen) atoms. The SMILES string of the molecule is Cc1c(C)c2c(c(C)c1N)CC(C)(CN1CCC(OC(c3ccc(F)cc3)c3ccc(F)cc3)CC1)O2. The molecule has 3 aromatic rings. The Hall–Kier alpha value is -2.96. The Morgan fingerprint density at radius 3 is 2.00 bits per heavy atom. The average molecular weight is 507 g/mol. The van der Waals surface area contributed by atoms with E-state index in [9.17, 15) is 8.78 Å². The van der Waals surface area contributed by atoms with E-state index in [0.29, 0.717) is 0 Å². The van der Waals surface area contributed by atoms with Crippen molar-refractivity contribution in [3.63, 3.8) is 0 Å². The van der Waals surface area contributed by atoms with Gasteiger partial charge < -0.3 is 15.2 Å². The highest BCUT2D eigenvalue weighted by molar-refractivity contribution is 5.66. The third-order valence-electron chi connectivity index (χ3n) is 8.10. The molecule has 196 valence electrons. The molecule has 5 rings (SSSR count). The number of ether oxygens (including phenoxy) is 2. The fourth-order valence-electron chi connectivity index (χ4n) is 5.80. The number of nitrogens with zero attached hydrogens (tertiary/aromatic N) is 1. The van der Waals surface area contributed by atoms with Crippen molar-refractivity contribution in [2.24, 2.45) is 0 Å².